The third-order valence-corrected chi connectivity index (χ3v) is 3.38. The number of aryl methyl sites for hydroxylation is 1. The molecule has 2 heterocycles. The summed E-state index contributed by atoms with van der Waals surface area (Å²) in [5, 5.41) is 9.91. The zero-order valence-electron chi connectivity index (χ0n) is 11.8. The molecule has 0 atom stereocenters. The Morgan fingerprint density at radius 1 is 1.00 bits per heavy atom. The average molecular weight is 273 g/mol. The molecule has 104 valence electrons. The van der Waals surface area contributed by atoms with Gasteiger partial charge < -0.3 is 14.2 Å². The maximum absolute atomic E-state index is 5.48. The van der Waals surface area contributed by atoms with Crippen LogP contribution in [0.2, 0.25) is 0 Å². The monoisotopic (exact) mass is 273 g/mol. The van der Waals surface area contributed by atoms with E-state index in [4.69, 9.17) is 14.2 Å². The van der Waals surface area contributed by atoms with Crippen LogP contribution in [0, 0.1) is 6.92 Å². The fourth-order valence-electron chi connectivity index (χ4n) is 2.47. The fourth-order valence-corrected chi connectivity index (χ4v) is 2.47. The van der Waals surface area contributed by atoms with Crippen molar-refractivity contribution < 1.29 is 14.2 Å². The van der Waals surface area contributed by atoms with Gasteiger partial charge in [0.25, 0.3) is 0 Å². The highest BCUT2D eigenvalue weighted by Gasteiger charge is 2.19. The van der Waals surface area contributed by atoms with Gasteiger partial charge in [0.15, 0.2) is 17.1 Å². The number of benzene rings is 1. The van der Waals surface area contributed by atoms with Crippen LogP contribution in [0.15, 0.2) is 12.3 Å². The number of aromatic nitrogens is 3. The smallest absolute Gasteiger partial charge is 0.204 e. The van der Waals surface area contributed by atoms with Crippen molar-refractivity contribution in [1.29, 1.82) is 0 Å². The highest BCUT2D eigenvalue weighted by molar-refractivity contribution is 6.09. The zero-order valence-corrected chi connectivity index (χ0v) is 11.8. The molecule has 0 saturated heterocycles. The van der Waals surface area contributed by atoms with E-state index >= 15 is 0 Å². The summed E-state index contributed by atoms with van der Waals surface area (Å²) in [4.78, 5) is 4.35. The molecule has 2 aromatic heterocycles. The van der Waals surface area contributed by atoms with Gasteiger partial charge in [-0.25, -0.2) is 4.98 Å². The molecule has 0 bridgehead atoms. The van der Waals surface area contributed by atoms with Crippen molar-refractivity contribution in [3.63, 3.8) is 0 Å². The molecule has 1 aromatic carbocycles. The van der Waals surface area contributed by atoms with Crippen LogP contribution in [0.25, 0.3) is 21.8 Å². The topological polar surface area (TPSA) is 69.3 Å². The molecule has 0 spiro atoms. The first-order valence-electron chi connectivity index (χ1n) is 6.13. The lowest BCUT2D eigenvalue weighted by atomic mass is 10.1. The Balaban J connectivity index is 2.53. The Hall–Kier alpha value is -2.50. The van der Waals surface area contributed by atoms with Gasteiger partial charge in [-0.2, -0.15) is 5.10 Å². The number of aromatic amines is 1. The van der Waals surface area contributed by atoms with Crippen LogP contribution in [0.1, 0.15) is 5.69 Å². The van der Waals surface area contributed by atoms with Crippen LogP contribution in [-0.4, -0.2) is 36.5 Å². The third kappa shape index (κ3) is 1.57. The van der Waals surface area contributed by atoms with E-state index in [1.54, 1.807) is 27.5 Å². The van der Waals surface area contributed by atoms with Gasteiger partial charge in [0.2, 0.25) is 5.75 Å². The van der Waals surface area contributed by atoms with Gasteiger partial charge >= 0.3 is 0 Å². The molecule has 0 aliphatic carbocycles. The molecule has 0 radical (unpaired) electrons. The summed E-state index contributed by atoms with van der Waals surface area (Å²) in [7, 11) is 4.79. The van der Waals surface area contributed by atoms with Crippen molar-refractivity contribution in [1.82, 2.24) is 15.2 Å². The van der Waals surface area contributed by atoms with Crippen LogP contribution in [-0.2, 0) is 0 Å². The molecule has 3 aromatic rings. The minimum absolute atomic E-state index is 0.560. The van der Waals surface area contributed by atoms with Crippen LogP contribution in [0.4, 0.5) is 0 Å². The van der Waals surface area contributed by atoms with E-state index in [1.807, 2.05) is 13.0 Å². The highest BCUT2D eigenvalue weighted by atomic mass is 16.5. The van der Waals surface area contributed by atoms with E-state index in [2.05, 4.69) is 15.2 Å². The van der Waals surface area contributed by atoms with E-state index < -0.39 is 0 Å². The van der Waals surface area contributed by atoms with Gasteiger partial charge in [-0.3, -0.25) is 5.10 Å². The number of rotatable bonds is 3. The molecule has 6 nitrogen and oxygen atoms in total. The van der Waals surface area contributed by atoms with Crippen molar-refractivity contribution in [3.05, 3.63) is 18.0 Å². The van der Waals surface area contributed by atoms with Crippen LogP contribution < -0.4 is 14.2 Å². The van der Waals surface area contributed by atoms with Gasteiger partial charge in [-0.1, -0.05) is 0 Å². The lowest BCUT2D eigenvalue weighted by Gasteiger charge is -2.14. The summed E-state index contributed by atoms with van der Waals surface area (Å²) in [6, 6.07) is 1.92. The van der Waals surface area contributed by atoms with E-state index in [9.17, 15) is 0 Å². The summed E-state index contributed by atoms with van der Waals surface area (Å²) in [5.74, 6) is 1.78. The van der Waals surface area contributed by atoms with Gasteiger partial charge in [-0.05, 0) is 13.0 Å². The number of fused-ring (bicyclic) bond motifs is 3. The average Bonchev–Trinajstić information content (AvgIpc) is 2.86. The summed E-state index contributed by atoms with van der Waals surface area (Å²) in [6.07, 6.45) is 1.73. The SMILES string of the molecule is COc1cc2c(cnc3n[nH]c(C)c32)c(OC)c1OC. The van der Waals surface area contributed by atoms with E-state index in [1.165, 1.54) is 0 Å². The van der Waals surface area contributed by atoms with E-state index in [0.717, 1.165) is 21.9 Å². The second-order valence-corrected chi connectivity index (χ2v) is 4.41. The third-order valence-electron chi connectivity index (χ3n) is 3.38. The molecule has 0 aliphatic rings. The van der Waals surface area contributed by atoms with Gasteiger partial charge in [0.1, 0.15) is 0 Å². The number of ether oxygens (including phenoxy) is 3. The Labute approximate surface area is 115 Å². The van der Waals surface area contributed by atoms with Gasteiger partial charge in [0, 0.05) is 28.0 Å². The Morgan fingerprint density at radius 3 is 2.40 bits per heavy atom. The number of nitrogens with one attached hydrogen (secondary N) is 1. The summed E-state index contributed by atoms with van der Waals surface area (Å²) in [6.45, 7) is 1.96. The summed E-state index contributed by atoms with van der Waals surface area (Å²) < 4.78 is 16.3. The Kier molecular flexibility index (Phi) is 2.85. The Bertz CT molecular complexity index is 795. The summed E-state index contributed by atoms with van der Waals surface area (Å²) in [5.41, 5.74) is 1.62. The van der Waals surface area contributed by atoms with E-state index in [0.29, 0.717) is 22.9 Å². The minimum Gasteiger partial charge on any atom is -0.493 e. The number of nitrogens with zero attached hydrogens (tertiary/aromatic N) is 2. The molecular weight excluding hydrogens is 258 g/mol. The maximum atomic E-state index is 5.48. The predicted octanol–water partition coefficient (Wildman–Crippen LogP) is 2.45. The second kappa shape index (κ2) is 4.56. The lowest BCUT2D eigenvalue weighted by molar-refractivity contribution is 0.327. The molecule has 0 fully saturated rings. The normalized spacial score (nSPS) is 11.0. The number of hydrogen-bond acceptors (Lipinski definition) is 5. The molecule has 20 heavy (non-hydrogen) atoms. The standard InChI is InChI=1S/C14H15N3O3/c1-7-11-8-5-10(18-2)13(20-4)12(19-3)9(8)6-15-14(11)17-16-7/h5-6H,1-4H3,(H,15,16,17). The molecule has 0 amide bonds. The van der Waals surface area contributed by atoms with Crippen molar-refractivity contribution in [2.75, 3.05) is 21.3 Å². The van der Waals surface area contributed by atoms with Crippen LogP contribution >= 0.6 is 0 Å². The molecule has 0 aliphatic heterocycles. The number of pyridine rings is 1. The zero-order chi connectivity index (χ0) is 14.3. The van der Waals surface area contributed by atoms with Crippen molar-refractivity contribution in [3.8, 4) is 17.2 Å². The molecule has 3 rings (SSSR count). The van der Waals surface area contributed by atoms with Crippen LogP contribution in [0.5, 0.6) is 17.2 Å². The molecule has 1 N–H and O–H groups in total. The van der Waals surface area contributed by atoms with Gasteiger partial charge in [0.05, 0.1) is 21.3 Å². The van der Waals surface area contributed by atoms with Crippen LogP contribution in [0.3, 0.4) is 0 Å². The highest BCUT2D eigenvalue weighted by Crippen LogP contribution is 2.44. The lowest BCUT2D eigenvalue weighted by Crippen LogP contribution is -1.96. The van der Waals surface area contributed by atoms with Crippen molar-refractivity contribution in [2.24, 2.45) is 0 Å². The number of methoxy groups -OCH3 is 3. The first-order valence-corrected chi connectivity index (χ1v) is 6.13. The van der Waals surface area contributed by atoms with Crippen molar-refractivity contribution in [2.45, 2.75) is 6.92 Å². The Morgan fingerprint density at radius 2 is 1.75 bits per heavy atom. The predicted molar refractivity (Wildman–Crippen MR) is 75.8 cm³/mol. The number of H-pyrrole nitrogens is 1. The van der Waals surface area contributed by atoms with E-state index in [-0.39, 0.29) is 0 Å². The molecule has 0 unspecified atom stereocenters. The summed E-state index contributed by atoms with van der Waals surface area (Å²) >= 11 is 0. The molecule has 6 heteroatoms. The first kappa shape index (κ1) is 12.5. The second-order valence-electron chi connectivity index (χ2n) is 4.41. The molecular formula is C14H15N3O3. The minimum atomic E-state index is 0.560. The van der Waals surface area contributed by atoms with Gasteiger partial charge in [-0.15, -0.1) is 0 Å². The largest absolute Gasteiger partial charge is 0.493 e. The number of hydrogen-bond donors (Lipinski definition) is 1. The van der Waals surface area contributed by atoms with Crippen molar-refractivity contribution >= 4 is 21.8 Å². The first-order chi connectivity index (χ1) is 9.71. The fraction of sp³-hybridized carbons (Fsp3) is 0.286. The maximum Gasteiger partial charge on any atom is 0.204 e. The molecule has 0 saturated carbocycles. The quantitative estimate of drug-likeness (QED) is 0.793.